The summed E-state index contributed by atoms with van der Waals surface area (Å²) in [6.45, 7) is 6.00. The van der Waals surface area contributed by atoms with Crippen LogP contribution in [-0.4, -0.2) is 69.2 Å². The van der Waals surface area contributed by atoms with Crippen LogP contribution in [0.4, 0.5) is 0 Å². The number of H-pyrrole nitrogens is 1. The lowest BCUT2D eigenvalue weighted by Gasteiger charge is -2.37. The van der Waals surface area contributed by atoms with Crippen LogP contribution in [0.15, 0.2) is 30.3 Å². The summed E-state index contributed by atoms with van der Waals surface area (Å²) in [7, 11) is 0. The molecule has 2 aromatic rings. The number of hydrogen-bond acceptors (Lipinski definition) is 4. The summed E-state index contributed by atoms with van der Waals surface area (Å²) >= 11 is 0. The zero-order chi connectivity index (χ0) is 19.4. The fraction of sp³-hybridized carbons (Fsp3) is 0.450. The first-order valence-corrected chi connectivity index (χ1v) is 9.35. The van der Waals surface area contributed by atoms with Crippen molar-refractivity contribution in [2.75, 3.05) is 26.2 Å². The summed E-state index contributed by atoms with van der Waals surface area (Å²) in [5, 5.41) is 16.2. The number of aliphatic carboxylic acids is 1. The fourth-order valence-electron chi connectivity index (χ4n) is 3.58. The first-order valence-electron chi connectivity index (χ1n) is 9.35. The van der Waals surface area contributed by atoms with E-state index in [2.05, 4.69) is 10.2 Å². The number of aromatic nitrogens is 2. The van der Waals surface area contributed by atoms with Crippen molar-refractivity contribution in [2.24, 2.45) is 0 Å². The van der Waals surface area contributed by atoms with Gasteiger partial charge in [0.25, 0.3) is 5.91 Å². The lowest BCUT2D eigenvalue weighted by atomic mass is 10.0. The molecule has 0 saturated carbocycles. The van der Waals surface area contributed by atoms with Gasteiger partial charge < -0.3 is 10.0 Å². The van der Waals surface area contributed by atoms with Crippen molar-refractivity contribution < 1.29 is 14.7 Å². The number of aromatic amines is 1. The first kappa shape index (κ1) is 19.1. The van der Waals surface area contributed by atoms with Gasteiger partial charge in [0.1, 0.15) is 5.69 Å². The molecule has 27 heavy (non-hydrogen) atoms. The zero-order valence-electron chi connectivity index (χ0n) is 15.8. The highest BCUT2D eigenvalue weighted by Gasteiger charge is 2.28. The van der Waals surface area contributed by atoms with Gasteiger partial charge >= 0.3 is 5.97 Å². The number of aryl methyl sites for hydroxylation is 1. The Balaban J connectivity index is 1.61. The van der Waals surface area contributed by atoms with E-state index in [0.717, 1.165) is 24.1 Å². The number of nitrogens with zero attached hydrogens (tertiary/aromatic N) is 3. The minimum atomic E-state index is -0.809. The van der Waals surface area contributed by atoms with Crippen molar-refractivity contribution in [1.82, 2.24) is 20.0 Å². The van der Waals surface area contributed by atoms with E-state index in [1.807, 2.05) is 47.9 Å². The molecule has 1 aliphatic rings. The summed E-state index contributed by atoms with van der Waals surface area (Å²) in [6.07, 6.45) is 1.57. The second kappa shape index (κ2) is 8.35. The predicted octanol–water partition coefficient (Wildman–Crippen LogP) is 2.40. The number of likely N-dealkylation sites (tertiary alicyclic amines) is 1. The van der Waals surface area contributed by atoms with Gasteiger partial charge in [0, 0.05) is 24.7 Å². The van der Waals surface area contributed by atoms with Crippen LogP contribution in [0.2, 0.25) is 0 Å². The molecule has 0 aliphatic carbocycles. The van der Waals surface area contributed by atoms with Crippen molar-refractivity contribution >= 4 is 11.9 Å². The van der Waals surface area contributed by atoms with Crippen molar-refractivity contribution in [3.05, 3.63) is 41.6 Å². The summed E-state index contributed by atoms with van der Waals surface area (Å²) in [5.74, 6) is -0.864. The molecule has 0 bridgehead atoms. The van der Waals surface area contributed by atoms with E-state index < -0.39 is 5.97 Å². The quantitative estimate of drug-likeness (QED) is 0.815. The maximum absolute atomic E-state index is 12.8. The number of nitrogens with one attached hydrogen (secondary N) is 1. The number of amides is 1. The Bertz CT molecular complexity index is 792. The Morgan fingerprint density at radius 2 is 1.93 bits per heavy atom. The van der Waals surface area contributed by atoms with Gasteiger partial charge in [-0.25, -0.2) is 0 Å². The second-order valence-corrected chi connectivity index (χ2v) is 7.01. The van der Waals surface area contributed by atoms with Crippen LogP contribution in [0.3, 0.4) is 0 Å². The molecule has 0 atom stereocenters. The number of piperidine rings is 1. The van der Waals surface area contributed by atoms with E-state index in [9.17, 15) is 9.59 Å². The Morgan fingerprint density at radius 1 is 1.26 bits per heavy atom. The minimum Gasteiger partial charge on any atom is -0.480 e. The van der Waals surface area contributed by atoms with Gasteiger partial charge in [-0.1, -0.05) is 36.8 Å². The highest BCUT2D eigenvalue weighted by atomic mass is 16.4. The first-order chi connectivity index (χ1) is 13.0. The number of benzene rings is 1. The van der Waals surface area contributed by atoms with Gasteiger partial charge in [0.2, 0.25) is 0 Å². The zero-order valence-corrected chi connectivity index (χ0v) is 15.8. The molecule has 3 rings (SSSR count). The van der Waals surface area contributed by atoms with Crippen LogP contribution >= 0.6 is 0 Å². The highest BCUT2D eigenvalue weighted by Crippen LogP contribution is 2.21. The van der Waals surface area contributed by atoms with Crippen LogP contribution < -0.4 is 0 Å². The van der Waals surface area contributed by atoms with Gasteiger partial charge in [-0.2, -0.15) is 5.10 Å². The van der Waals surface area contributed by atoms with Crippen molar-refractivity contribution in [3.8, 4) is 11.3 Å². The molecule has 2 N–H and O–H groups in total. The van der Waals surface area contributed by atoms with Crippen LogP contribution in [0.5, 0.6) is 0 Å². The average molecular weight is 370 g/mol. The highest BCUT2D eigenvalue weighted by molar-refractivity contribution is 5.93. The van der Waals surface area contributed by atoms with Gasteiger partial charge in [0.15, 0.2) is 0 Å². The molecule has 1 aromatic heterocycles. The molecule has 0 radical (unpaired) electrons. The van der Waals surface area contributed by atoms with E-state index in [1.165, 1.54) is 5.56 Å². The van der Waals surface area contributed by atoms with E-state index in [0.29, 0.717) is 25.3 Å². The topological polar surface area (TPSA) is 89.5 Å². The number of carbonyl (C=O) groups excluding carboxylic acids is 1. The van der Waals surface area contributed by atoms with E-state index in [1.54, 1.807) is 6.07 Å². The predicted molar refractivity (Wildman–Crippen MR) is 103 cm³/mol. The van der Waals surface area contributed by atoms with Crippen molar-refractivity contribution in [3.63, 3.8) is 0 Å². The normalized spacial score (nSPS) is 15.3. The second-order valence-electron chi connectivity index (χ2n) is 7.01. The SMILES string of the molecule is CCN(CC(=O)O)C1CCN(C(=O)c2cc(-c3ccc(C)cc3)n[nH]2)CC1. The molecule has 1 fully saturated rings. The Morgan fingerprint density at radius 3 is 2.52 bits per heavy atom. The van der Waals surface area contributed by atoms with Gasteiger partial charge in [-0.3, -0.25) is 19.6 Å². The van der Waals surface area contributed by atoms with Crippen molar-refractivity contribution in [1.29, 1.82) is 0 Å². The van der Waals surface area contributed by atoms with E-state index in [-0.39, 0.29) is 18.5 Å². The van der Waals surface area contributed by atoms with Gasteiger partial charge in [-0.15, -0.1) is 0 Å². The Labute approximate surface area is 159 Å². The third kappa shape index (κ3) is 4.54. The lowest BCUT2D eigenvalue weighted by molar-refractivity contribution is -0.139. The fourth-order valence-corrected chi connectivity index (χ4v) is 3.58. The molecule has 144 valence electrons. The number of hydrogen-bond donors (Lipinski definition) is 2. The molecule has 2 heterocycles. The molecular formula is C20H26N4O3. The molecule has 1 saturated heterocycles. The number of likely N-dealkylation sites (N-methyl/N-ethyl adjacent to an activating group) is 1. The molecular weight excluding hydrogens is 344 g/mol. The van der Waals surface area contributed by atoms with E-state index >= 15 is 0 Å². The van der Waals surface area contributed by atoms with Crippen LogP contribution in [0, 0.1) is 6.92 Å². The monoisotopic (exact) mass is 370 g/mol. The molecule has 1 amide bonds. The maximum atomic E-state index is 12.8. The lowest BCUT2D eigenvalue weighted by Crippen LogP contribution is -2.48. The standard InChI is InChI=1S/C20H26N4O3/c1-3-23(13-19(25)26)16-8-10-24(11-9-16)20(27)18-12-17(21-22-18)15-6-4-14(2)5-7-15/h4-7,12,16H,3,8-11,13H2,1-2H3,(H,21,22)(H,25,26). The maximum Gasteiger partial charge on any atom is 0.317 e. The molecule has 7 nitrogen and oxygen atoms in total. The van der Waals surface area contributed by atoms with Gasteiger partial charge in [0.05, 0.1) is 12.2 Å². The molecule has 1 aromatic carbocycles. The molecule has 7 heteroatoms. The van der Waals surface area contributed by atoms with E-state index in [4.69, 9.17) is 5.11 Å². The van der Waals surface area contributed by atoms with Crippen molar-refractivity contribution in [2.45, 2.75) is 32.7 Å². The third-order valence-corrected chi connectivity index (χ3v) is 5.17. The summed E-state index contributed by atoms with van der Waals surface area (Å²) < 4.78 is 0. The Kier molecular flexibility index (Phi) is 5.91. The van der Waals surface area contributed by atoms with Crippen LogP contribution in [0.1, 0.15) is 35.8 Å². The molecule has 1 aliphatic heterocycles. The average Bonchev–Trinajstić information content (AvgIpc) is 3.16. The smallest absolute Gasteiger partial charge is 0.317 e. The number of carboxylic acids is 1. The number of carboxylic acid groups (broad SMARTS) is 1. The third-order valence-electron chi connectivity index (χ3n) is 5.17. The van der Waals surface area contributed by atoms with Gasteiger partial charge in [-0.05, 0) is 32.4 Å². The molecule has 0 unspecified atom stereocenters. The largest absolute Gasteiger partial charge is 0.480 e. The minimum absolute atomic E-state index is 0.0512. The molecule has 0 spiro atoms. The number of rotatable bonds is 6. The van der Waals surface area contributed by atoms with Crippen LogP contribution in [0.25, 0.3) is 11.3 Å². The summed E-state index contributed by atoms with van der Waals surface area (Å²) in [6, 6.07) is 10.0. The van der Waals surface area contributed by atoms with Crippen LogP contribution in [-0.2, 0) is 4.79 Å². The summed E-state index contributed by atoms with van der Waals surface area (Å²) in [4.78, 5) is 27.5. The Hall–Kier alpha value is -2.67. The number of carbonyl (C=O) groups is 2. The summed E-state index contributed by atoms with van der Waals surface area (Å²) in [5.41, 5.74) is 3.40.